The fourth-order valence-corrected chi connectivity index (χ4v) is 5.63. The molecule has 4 rings (SSSR count). The number of thioether (sulfide) groups is 1. The number of hydrogen-bond donors (Lipinski definition) is 2. The second-order valence-corrected chi connectivity index (χ2v) is 8.60. The Labute approximate surface area is 170 Å². The van der Waals surface area contributed by atoms with E-state index in [9.17, 15) is 14.0 Å². The molecule has 3 heterocycles. The van der Waals surface area contributed by atoms with E-state index in [0.29, 0.717) is 11.3 Å². The van der Waals surface area contributed by atoms with Crippen molar-refractivity contribution in [2.75, 3.05) is 16.4 Å². The van der Waals surface area contributed by atoms with Crippen molar-refractivity contribution in [1.29, 1.82) is 0 Å². The summed E-state index contributed by atoms with van der Waals surface area (Å²) in [7, 11) is 0. The van der Waals surface area contributed by atoms with E-state index in [0.717, 1.165) is 28.5 Å². The SMILES string of the molecule is CC(=O)Nc1cc(NC(=O)c2c(-n3cccc3)sc3c2CCSC3)ccc1F. The third kappa shape index (κ3) is 3.70. The molecule has 28 heavy (non-hydrogen) atoms. The van der Waals surface area contributed by atoms with Gasteiger partial charge in [-0.15, -0.1) is 11.3 Å². The van der Waals surface area contributed by atoms with Gasteiger partial charge < -0.3 is 15.2 Å². The molecule has 0 saturated heterocycles. The van der Waals surface area contributed by atoms with Crippen molar-refractivity contribution < 1.29 is 14.0 Å². The van der Waals surface area contributed by atoms with Crippen molar-refractivity contribution >= 4 is 46.3 Å². The Morgan fingerprint density at radius 1 is 1.18 bits per heavy atom. The number of rotatable bonds is 4. The number of halogens is 1. The zero-order chi connectivity index (χ0) is 19.7. The quantitative estimate of drug-likeness (QED) is 0.650. The summed E-state index contributed by atoms with van der Waals surface area (Å²) in [6.07, 6.45) is 4.70. The first-order chi connectivity index (χ1) is 13.5. The predicted molar refractivity (Wildman–Crippen MR) is 112 cm³/mol. The van der Waals surface area contributed by atoms with Crippen LogP contribution in [-0.2, 0) is 17.0 Å². The van der Waals surface area contributed by atoms with Gasteiger partial charge in [0.2, 0.25) is 5.91 Å². The van der Waals surface area contributed by atoms with Gasteiger partial charge in [-0.1, -0.05) is 0 Å². The average Bonchev–Trinajstić information content (AvgIpc) is 3.31. The molecule has 0 radical (unpaired) electrons. The van der Waals surface area contributed by atoms with E-state index in [1.54, 1.807) is 11.3 Å². The summed E-state index contributed by atoms with van der Waals surface area (Å²) >= 11 is 3.51. The summed E-state index contributed by atoms with van der Waals surface area (Å²) in [5.74, 6) is 0.740. The molecule has 2 aromatic heterocycles. The van der Waals surface area contributed by atoms with Crippen LogP contribution in [0.3, 0.4) is 0 Å². The van der Waals surface area contributed by atoms with E-state index < -0.39 is 5.82 Å². The van der Waals surface area contributed by atoms with Crippen molar-refractivity contribution in [3.05, 3.63) is 64.5 Å². The number of benzene rings is 1. The highest BCUT2D eigenvalue weighted by Crippen LogP contribution is 2.38. The fraction of sp³-hybridized carbons (Fsp3) is 0.200. The molecule has 1 aliphatic heterocycles. The van der Waals surface area contributed by atoms with Gasteiger partial charge in [-0.25, -0.2) is 4.39 Å². The number of hydrogen-bond acceptors (Lipinski definition) is 4. The number of carbonyl (C=O) groups is 2. The molecular weight excluding hydrogens is 397 g/mol. The van der Waals surface area contributed by atoms with Crippen molar-refractivity contribution in [3.63, 3.8) is 0 Å². The van der Waals surface area contributed by atoms with Crippen molar-refractivity contribution in [2.45, 2.75) is 19.1 Å². The van der Waals surface area contributed by atoms with Gasteiger partial charge in [0.05, 0.1) is 11.3 Å². The maximum Gasteiger partial charge on any atom is 0.258 e. The highest BCUT2D eigenvalue weighted by molar-refractivity contribution is 7.98. The first kappa shape index (κ1) is 18.8. The number of carbonyl (C=O) groups excluding carboxylic acids is 2. The number of nitrogens with one attached hydrogen (secondary N) is 2. The van der Waals surface area contributed by atoms with Crippen LogP contribution in [0.2, 0.25) is 0 Å². The van der Waals surface area contributed by atoms with E-state index in [1.807, 2.05) is 40.9 Å². The van der Waals surface area contributed by atoms with E-state index in [4.69, 9.17) is 0 Å². The number of nitrogens with zero attached hydrogens (tertiary/aromatic N) is 1. The summed E-state index contributed by atoms with van der Waals surface area (Å²) in [6, 6.07) is 8.00. The Kier molecular flexibility index (Phi) is 5.23. The summed E-state index contributed by atoms with van der Waals surface area (Å²) in [6.45, 7) is 1.31. The topological polar surface area (TPSA) is 63.1 Å². The van der Waals surface area contributed by atoms with Gasteiger partial charge in [0.25, 0.3) is 5.91 Å². The van der Waals surface area contributed by atoms with Crippen LogP contribution in [0, 0.1) is 5.82 Å². The average molecular weight is 416 g/mol. The van der Waals surface area contributed by atoms with Gasteiger partial charge >= 0.3 is 0 Å². The second-order valence-electron chi connectivity index (χ2n) is 6.41. The third-order valence-corrected chi connectivity index (χ3v) is 6.82. The lowest BCUT2D eigenvalue weighted by Gasteiger charge is -2.14. The highest BCUT2D eigenvalue weighted by Gasteiger charge is 2.26. The molecule has 144 valence electrons. The van der Waals surface area contributed by atoms with E-state index in [1.165, 1.54) is 30.0 Å². The third-order valence-electron chi connectivity index (χ3n) is 4.40. The monoisotopic (exact) mass is 415 g/mol. The standard InChI is InChI=1S/C20H18FN3O2S2/c1-12(25)22-16-10-13(4-5-15(16)21)23-19(26)18-14-6-9-27-11-17(14)28-20(18)24-7-2-3-8-24/h2-5,7-8,10H,6,9,11H2,1H3,(H,22,25)(H,23,26). The Morgan fingerprint density at radius 2 is 1.96 bits per heavy atom. The van der Waals surface area contributed by atoms with Crippen LogP contribution in [0.25, 0.3) is 5.00 Å². The molecule has 0 fully saturated rings. The highest BCUT2D eigenvalue weighted by atomic mass is 32.2. The normalized spacial score (nSPS) is 13.1. The minimum Gasteiger partial charge on any atom is -0.324 e. The predicted octanol–water partition coefficient (Wildman–Crippen LogP) is 4.68. The van der Waals surface area contributed by atoms with Crippen molar-refractivity contribution in [3.8, 4) is 5.00 Å². The van der Waals surface area contributed by atoms with Gasteiger partial charge in [-0.2, -0.15) is 11.8 Å². The van der Waals surface area contributed by atoms with Crippen LogP contribution in [0.15, 0.2) is 42.7 Å². The maximum absolute atomic E-state index is 13.9. The molecule has 8 heteroatoms. The lowest BCUT2D eigenvalue weighted by atomic mass is 10.1. The number of amides is 2. The molecule has 0 unspecified atom stereocenters. The van der Waals surface area contributed by atoms with Gasteiger partial charge in [0.1, 0.15) is 10.8 Å². The van der Waals surface area contributed by atoms with E-state index in [2.05, 4.69) is 10.6 Å². The zero-order valence-corrected chi connectivity index (χ0v) is 16.8. The molecule has 2 N–H and O–H groups in total. The first-order valence-corrected chi connectivity index (χ1v) is 10.7. The molecule has 1 aliphatic rings. The molecule has 0 aliphatic carbocycles. The van der Waals surface area contributed by atoms with Crippen LogP contribution >= 0.6 is 23.1 Å². The zero-order valence-electron chi connectivity index (χ0n) is 15.1. The number of anilines is 2. The minimum atomic E-state index is -0.550. The van der Waals surface area contributed by atoms with Gasteiger partial charge in [0.15, 0.2) is 0 Å². The number of thiophene rings is 1. The van der Waals surface area contributed by atoms with Gasteiger partial charge in [-0.3, -0.25) is 9.59 Å². The lowest BCUT2D eigenvalue weighted by Crippen LogP contribution is -2.17. The fourth-order valence-electron chi connectivity index (χ4n) is 3.19. The lowest BCUT2D eigenvalue weighted by molar-refractivity contribution is -0.114. The molecular formula is C20H18FN3O2S2. The summed E-state index contributed by atoms with van der Waals surface area (Å²) in [5, 5.41) is 6.19. The molecule has 5 nitrogen and oxygen atoms in total. The van der Waals surface area contributed by atoms with Gasteiger partial charge in [0, 0.05) is 35.6 Å². The van der Waals surface area contributed by atoms with Crippen LogP contribution in [0.1, 0.15) is 27.7 Å². The van der Waals surface area contributed by atoms with Gasteiger partial charge in [-0.05, 0) is 48.1 Å². The van der Waals surface area contributed by atoms with Crippen LogP contribution in [0.5, 0.6) is 0 Å². The second kappa shape index (κ2) is 7.81. The Hall–Kier alpha value is -2.58. The van der Waals surface area contributed by atoms with E-state index in [-0.39, 0.29) is 17.5 Å². The molecule has 0 spiro atoms. The first-order valence-electron chi connectivity index (χ1n) is 8.77. The Balaban J connectivity index is 1.69. The minimum absolute atomic E-state index is 0.0414. The molecule has 0 atom stereocenters. The molecule has 0 bridgehead atoms. The molecule has 0 saturated carbocycles. The van der Waals surface area contributed by atoms with Crippen molar-refractivity contribution in [2.24, 2.45) is 0 Å². The smallest absolute Gasteiger partial charge is 0.258 e. The molecule has 2 amide bonds. The van der Waals surface area contributed by atoms with Crippen LogP contribution in [0.4, 0.5) is 15.8 Å². The number of fused-ring (bicyclic) bond motifs is 1. The number of aromatic nitrogens is 1. The summed E-state index contributed by atoms with van der Waals surface area (Å²) in [4.78, 5) is 25.7. The maximum atomic E-state index is 13.9. The van der Waals surface area contributed by atoms with E-state index >= 15 is 0 Å². The van der Waals surface area contributed by atoms with Crippen LogP contribution < -0.4 is 10.6 Å². The summed E-state index contributed by atoms with van der Waals surface area (Å²) < 4.78 is 15.8. The Bertz CT molecular complexity index is 1040. The van der Waals surface area contributed by atoms with Crippen LogP contribution in [-0.4, -0.2) is 22.1 Å². The Morgan fingerprint density at radius 3 is 2.71 bits per heavy atom. The summed E-state index contributed by atoms with van der Waals surface area (Å²) in [5.41, 5.74) is 2.23. The molecule has 1 aromatic carbocycles. The van der Waals surface area contributed by atoms with Crippen molar-refractivity contribution in [1.82, 2.24) is 4.57 Å². The largest absolute Gasteiger partial charge is 0.324 e. The molecule has 3 aromatic rings.